The summed E-state index contributed by atoms with van der Waals surface area (Å²) >= 11 is 6.04. The van der Waals surface area contributed by atoms with E-state index in [0.29, 0.717) is 18.0 Å². The maximum atomic E-state index is 12.4. The minimum absolute atomic E-state index is 0. The van der Waals surface area contributed by atoms with Crippen molar-refractivity contribution < 1.29 is 9.59 Å². The first-order valence-electron chi connectivity index (χ1n) is 7.44. The Morgan fingerprint density at radius 2 is 2.22 bits per heavy atom. The van der Waals surface area contributed by atoms with Gasteiger partial charge in [0.2, 0.25) is 11.8 Å². The van der Waals surface area contributed by atoms with Gasteiger partial charge in [-0.1, -0.05) is 23.7 Å². The highest BCUT2D eigenvalue weighted by Gasteiger charge is 2.42. The molecule has 0 bridgehead atoms. The van der Waals surface area contributed by atoms with Crippen LogP contribution in [0.4, 0.5) is 0 Å². The minimum atomic E-state index is -0.399. The van der Waals surface area contributed by atoms with Crippen LogP contribution in [0.2, 0.25) is 5.02 Å². The third-order valence-electron chi connectivity index (χ3n) is 4.01. The highest BCUT2D eigenvalue weighted by atomic mass is 35.5. The molecule has 1 aliphatic rings. The molecule has 3 unspecified atom stereocenters. The van der Waals surface area contributed by atoms with Gasteiger partial charge < -0.3 is 16.0 Å². The van der Waals surface area contributed by atoms with Crippen LogP contribution in [0.15, 0.2) is 24.3 Å². The van der Waals surface area contributed by atoms with Crippen LogP contribution in [0.1, 0.15) is 31.4 Å². The first-order chi connectivity index (χ1) is 10.4. The summed E-state index contributed by atoms with van der Waals surface area (Å²) in [4.78, 5) is 26.1. The van der Waals surface area contributed by atoms with Crippen LogP contribution in [-0.2, 0) is 9.59 Å². The molecular weight excluding hydrogens is 337 g/mol. The van der Waals surface area contributed by atoms with E-state index in [2.05, 4.69) is 5.32 Å². The molecule has 2 amide bonds. The second kappa shape index (κ2) is 8.52. The summed E-state index contributed by atoms with van der Waals surface area (Å²) < 4.78 is 0. The van der Waals surface area contributed by atoms with Gasteiger partial charge in [0.25, 0.3) is 0 Å². The lowest BCUT2D eigenvalue weighted by molar-refractivity contribution is -0.128. The second-order valence-electron chi connectivity index (χ2n) is 5.87. The largest absolute Gasteiger partial charge is 0.356 e. The lowest BCUT2D eigenvalue weighted by Gasteiger charge is -2.25. The number of nitrogens with zero attached hydrogens (tertiary/aromatic N) is 1. The molecule has 23 heavy (non-hydrogen) atoms. The Hall–Kier alpha value is -1.30. The van der Waals surface area contributed by atoms with Gasteiger partial charge in [0.05, 0.1) is 12.0 Å². The molecule has 2 rings (SSSR count). The molecule has 5 nitrogen and oxygen atoms in total. The molecule has 7 heteroatoms. The van der Waals surface area contributed by atoms with Gasteiger partial charge in [0, 0.05) is 31.1 Å². The molecule has 0 aromatic heterocycles. The number of benzene rings is 1. The summed E-state index contributed by atoms with van der Waals surface area (Å²) in [6.45, 7) is 2.42. The van der Waals surface area contributed by atoms with E-state index in [1.807, 2.05) is 25.1 Å². The van der Waals surface area contributed by atoms with Crippen molar-refractivity contribution in [1.82, 2.24) is 10.2 Å². The van der Waals surface area contributed by atoms with Gasteiger partial charge in [0.15, 0.2) is 0 Å². The Labute approximate surface area is 148 Å². The van der Waals surface area contributed by atoms with Crippen molar-refractivity contribution in [3.63, 3.8) is 0 Å². The Morgan fingerprint density at radius 3 is 2.83 bits per heavy atom. The maximum absolute atomic E-state index is 12.4. The second-order valence-corrected chi connectivity index (χ2v) is 6.31. The summed E-state index contributed by atoms with van der Waals surface area (Å²) in [5, 5.41) is 3.48. The van der Waals surface area contributed by atoms with Crippen LogP contribution >= 0.6 is 24.0 Å². The number of rotatable bonds is 5. The minimum Gasteiger partial charge on any atom is -0.356 e. The molecule has 1 heterocycles. The third-order valence-corrected chi connectivity index (χ3v) is 4.25. The van der Waals surface area contributed by atoms with Crippen molar-refractivity contribution in [3.05, 3.63) is 34.9 Å². The molecule has 1 aromatic carbocycles. The van der Waals surface area contributed by atoms with Crippen molar-refractivity contribution in [2.45, 2.75) is 31.8 Å². The predicted molar refractivity (Wildman–Crippen MR) is 93.6 cm³/mol. The zero-order valence-corrected chi connectivity index (χ0v) is 14.9. The van der Waals surface area contributed by atoms with Crippen LogP contribution in [-0.4, -0.2) is 36.3 Å². The first-order valence-corrected chi connectivity index (χ1v) is 7.82. The first kappa shape index (κ1) is 19.7. The van der Waals surface area contributed by atoms with Crippen LogP contribution in [0.3, 0.4) is 0 Å². The molecule has 1 fully saturated rings. The number of carbonyl (C=O) groups excluding carboxylic acids is 2. The van der Waals surface area contributed by atoms with E-state index in [4.69, 9.17) is 17.3 Å². The molecule has 0 saturated carbocycles. The van der Waals surface area contributed by atoms with Gasteiger partial charge in [-0.3, -0.25) is 9.59 Å². The fraction of sp³-hybridized carbons (Fsp3) is 0.500. The summed E-state index contributed by atoms with van der Waals surface area (Å²) in [7, 11) is 1.73. The number of halogens is 2. The van der Waals surface area contributed by atoms with Gasteiger partial charge in [-0.25, -0.2) is 0 Å². The Balaban J connectivity index is 0.00000264. The van der Waals surface area contributed by atoms with Crippen molar-refractivity contribution in [2.75, 3.05) is 13.6 Å². The van der Waals surface area contributed by atoms with Gasteiger partial charge in [-0.05, 0) is 31.0 Å². The lowest BCUT2D eigenvalue weighted by Crippen LogP contribution is -2.36. The fourth-order valence-electron chi connectivity index (χ4n) is 2.81. The Kier molecular flexibility index (Phi) is 7.32. The molecule has 0 spiro atoms. The van der Waals surface area contributed by atoms with Gasteiger partial charge >= 0.3 is 0 Å². The number of amides is 2. The van der Waals surface area contributed by atoms with E-state index >= 15 is 0 Å². The van der Waals surface area contributed by atoms with Crippen LogP contribution < -0.4 is 11.1 Å². The molecule has 3 atom stereocenters. The molecule has 0 aliphatic carbocycles. The van der Waals surface area contributed by atoms with E-state index in [-0.39, 0.29) is 42.7 Å². The average molecular weight is 360 g/mol. The summed E-state index contributed by atoms with van der Waals surface area (Å²) in [5.41, 5.74) is 6.57. The Bertz CT molecular complexity index is 566. The van der Waals surface area contributed by atoms with Crippen LogP contribution in [0.5, 0.6) is 0 Å². The number of nitrogens with one attached hydrogen (secondary N) is 1. The van der Waals surface area contributed by atoms with Crippen LogP contribution in [0.25, 0.3) is 0 Å². The number of nitrogens with two attached hydrogens (primary N) is 1. The zero-order valence-electron chi connectivity index (χ0n) is 13.3. The van der Waals surface area contributed by atoms with E-state index in [1.54, 1.807) is 18.0 Å². The number of hydrogen-bond acceptors (Lipinski definition) is 3. The molecule has 0 radical (unpaired) electrons. The molecule has 128 valence electrons. The van der Waals surface area contributed by atoms with Crippen LogP contribution in [0, 0.1) is 5.92 Å². The SMILES string of the molecule is CC(N)CCNC(=O)C1CC(=O)N(C)C1c1cccc(Cl)c1.Cl. The highest BCUT2D eigenvalue weighted by Crippen LogP contribution is 2.37. The summed E-state index contributed by atoms with van der Waals surface area (Å²) in [6, 6.07) is 7.08. The topological polar surface area (TPSA) is 75.4 Å². The van der Waals surface area contributed by atoms with E-state index in [0.717, 1.165) is 5.56 Å². The predicted octanol–water partition coefficient (Wildman–Crippen LogP) is 2.13. The van der Waals surface area contributed by atoms with Gasteiger partial charge in [-0.15, -0.1) is 12.4 Å². The van der Waals surface area contributed by atoms with Gasteiger partial charge in [0.1, 0.15) is 0 Å². The maximum Gasteiger partial charge on any atom is 0.226 e. The number of hydrogen-bond donors (Lipinski definition) is 2. The van der Waals surface area contributed by atoms with E-state index in [1.165, 1.54) is 0 Å². The third kappa shape index (κ3) is 4.83. The number of likely N-dealkylation sites (tertiary alicyclic amines) is 1. The molecule has 1 aromatic rings. The molecule has 3 N–H and O–H groups in total. The van der Waals surface area contributed by atoms with Crippen molar-refractivity contribution in [2.24, 2.45) is 11.7 Å². The highest BCUT2D eigenvalue weighted by molar-refractivity contribution is 6.30. The fourth-order valence-corrected chi connectivity index (χ4v) is 3.00. The smallest absolute Gasteiger partial charge is 0.226 e. The average Bonchev–Trinajstić information content (AvgIpc) is 2.74. The van der Waals surface area contributed by atoms with Crippen molar-refractivity contribution in [1.29, 1.82) is 0 Å². The monoisotopic (exact) mass is 359 g/mol. The standard InChI is InChI=1S/C16H22ClN3O2.ClH/c1-10(18)6-7-19-16(22)13-9-14(21)20(2)15(13)11-4-3-5-12(17)8-11;/h3-5,8,10,13,15H,6-7,9,18H2,1-2H3,(H,19,22);1H. The quantitative estimate of drug-likeness (QED) is 0.845. The van der Waals surface area contributed by atoms with Crippen molar-refractivity contribution in [3.8, 4) is 0 Å². The molecule has 1 aliphatic heterocycles. The summed E-state index contributed by atoms with van der Waals surface area (Å²) in [6.07, 6.45) is 0.932. The molecule has 1 saturated heterocycles. The van der Waals surface area contributed by atoms with E-state index in [9.17, 15) is 9.59 Å². The zero-order chi connectivity index (χ0) is 16.3. The number of carbonyl (C=O) groups is 2. The normalized spacial score (nSPS) is 21.7. The van der Waals surface area contributed by atoms with Gasteiger partial charge in [-0.2, -0.15) is 0 Å². The summed E-state index contributed by atoms with van der Waals surface area (Å²) in [5.74, 6) is -0.537. The van der Waals surface area contributed by atoms with E-state index < -0.39 is 5.92 Å². The Morgan fingerprint density at radius 1 is 1.52 bits per heavy atom. The lowest BCUT2D eigenvalue weighted by atomic mass is 9.93. The van der Waals surface area contributed by atoms with Crippen molar-refractivity contribution >= 4 is 35.8 Å². The molecular formula is C16H23Cl2N3O2.